The van der Waals surface area contributed by atoms with Crippen LogP contribution in [0, 0.1) is 0 Å². The van der Waals surface area contributed by atoms with Gasteiger partial charge in [-0.05, 0) is 30.9 Å². The molecule has 1 aliphatic rings. The Kier molecular flexibility index (Phi) is 3.92. The first-order valence-electron chi connectivity index (χ1n) is 6.05. The number of nitrogens with one attached hydrogen (secondary N) is 1. The molecule has 1 saturated carbocycles. The number of alkyl halides is 3. The van der Waals surface area contributed by atoms with E-state index in [1.807, 2.05) is 0 Å². The smallest absolute Gasteiger partial charge is 0.392 e. The van der Waals surface area contributed by atoms with Gasteiger partial charge in [0.2, 0.25) is 0 Å². The summed E-state index contributed by atoms with van der Waals surface area (Å²) in [6, 6.07) is 5.44. The van der Waals surface area contributed by atoms with Crippen molar-refractivity contribution >= 4 is 0 Å². The highest BCUT2D eigenvalue weighted by atomic mass is 19.4. The van der Waals surface area contributed by atoms with Crippen LogP contribution in [0.3, 0.4) is 0 Å². The summed E-state index contributed by atoms with van der Waals surface area (Å²) in [6.45, 7) is 0.136. The Morgan fingerprint density at radius 1 is 1.22 bits per heavy atom. The molecule has 0 aliphatic heterocycles. The van der Waals surface area contributed by atoms with Crippen LogP contribution in [0.5, 0.6) is 0 Å². The van der Waals surface area contributed by atoms with Gasteiger partial charge in [0.05, 0.1) is 11.7 Å². The lowest BCUT2D eigenvalue weighted by Crippen LogP contribution is -2.35. The first kappa shape index (κ1) is 13.4. The molecule has 2 nitrogen and oxygen atoms in total. The van der Waals surface area contributed by atoms with Crippen LogP contribution >= 0.6 is 0 Å². The number of hydrogen-bond acceptors (Lipinski definition) is 2. The maximum absolute atomic E-state index is 12.7. The van der Waals surface area contributed by atoms with Gasteiger partial charge in [0.25, 0.3) is 0 Å². The second kappa shape index (κ2) is 5.28. The molecule has 1 aliphatic carbocycles. The summed E-state index contributed by atoms with van der Waals surface area (Å²) in [7, 11) is 0. The van der Waals surface area contributed by atoms with Crippen molar-refractivity contribution < 1.29 is 18.3 Å². The normalized spacial score (nSPS) is 24.4. The minimum atomic E-state index is -4.33. The first-order valence-corrected chi connectivity index (χ1v) is 6.05. The second-order valence-corrected chi connectivity index (χ2v) is 4.64. The number of halogens is 3. The lowest BCUT2D eigenvalue weighted by Gasteiger charge is -2.18. The van der Waals surface area contributed by atoms with Crippen LogP contribution in [0.1, 0.15) is 30.4 Å². The van der Waals surface area contributed by atoms with Gasteiger partial charge >= 0.3 is 6.18 Å². The predicted molar refractivity (Wildman–Crippen MR) is 61.9 cm³/mol. The molecule has 2 N–H and O–H groups in total. The van der Waals surface area contributed by atoms with Crippen LogP contribution in [0.2, 0.25) is 0 Å². The fourth-order valence-corrected chi connectivity index (χ4v) is 2.37. The summed E-state index contributed by atoms with van der Waals surface area (Å²) in [4.78, 5) is 0. The van der Waals surface area contributed by atoms with Crippen molar-refractivity contribution in [3.63, 3.8) is 0 Å². The van der Waals surface area contributed by atoms with Gasteiger partial charge in [-0.1, -0.05) is 18.2 Å². The third kappa shape index (κ3) is 3.03. The van der Waals surface area contributed by atoms with Gasteiger partial charge in [-0.2, -0.15) is 13.2 Å². The summed E-state index contributed by atoms with van der Waals surface area (Å²) >= 11 is 0. The highest BCUT2D eigenvalue weighted by Gasteiger charge is 2.33. The van der Waals surface area contributed by atoms with E-state index in [4.69, 9.17) is 0 Å². The zero-order valence-corrected chi connectivity index (χ0v) is 9.87. The van der Waals surface area contributed by atoms with Crippen molar-refractivity contribution in [1.29, 1.82) is 0 Å². The summed E-state index contributed by atoms with van der Waals surface area (Å²) in [6.07, 6.45) is -2.32. The van der Waals surface area contributed by atoms with E-state index >= 15 is 0 Å². The van der Waals surface area contributed by atoms with Gasteiger partial charge in [0.15, 0.2) is 0 Å². The van der Waals surface area contributed by atoms with E-state index in [0.717, 1.165) is 25.3 Å². The van der Waals surface area contributed by atoms with Crippen LogP contribution < -0.4 is 5.32 Å². The highest BCUT2D eigenvalue weighted by molar-refractivity contribution is 5.29. The molecule has 0 heterocycles. The van der Waals surface area contributed by atoms with Crippen molar-refractivity contribution in [1.82, 2.24) is 5.32 Å². The summed E-state index contributed by atoms with van der Waals surface area (Å²) in [5.41, 5.74) is -0.380. The Morgan fingerprint density at radius 3 is 2.56 bits per heavy atom. The maximum Gasteiger partial charge on any atom is 0.416 e. The lowest BCUT2D eigenvalue weighted by molar-refractivity contribution is -0.138. The Balaban J connectivity index is 2.05. The zero-order valence-electron chi connectivity index (χ0n) is 9.87. The number of hydrogen-bond donors (Lipinski definition) is 2. The molecule has 0 saturated heterocycles. The van der Waals surface area contributed by atoms with Crippen LogP contribution in [-0.4, -0.2) is 17.3 Å². The number of benzene rings is 1. The molecular formula is C13H16F3NO. The number of rotatable bonds is 3. The van der Waals surface area contributed by atoms with E-state index in [9.17, 15) is 18.3 Å². The van der Waals surface area contributed by atoms with Crippen molar-refractivity contribution in [2.24, 2.45) is 0 Å². The molecular weight excluding hydrogens is 243 g/mol. The average Bonchev–Trinajstić information content (AvgIpc) is 2.71. The maximum atomic E-state index is 12.7. The Bertz CT molecular complexity index is 405. The molecule has 1 aromatic rings. The Hall–Kier alpha value is -1.07. The van der Waals surface area contributed by atoms with Crippen LogP contribution in [-0.2, 0) is 12.7 Å². The van der Waals surface area contributed by atoms with Crippen LogP contribution in [0.25, 0.3) is 0 Å². The van der Waals surface area contributed by atoms with E-state index in [1.165, 1.54) is 12.1 Å². The molecule has 1 fully saturated rings. The molecule has 2 rings (SSSR count). The highest BCUT2D eigenvalue weighted by Crippen LogP contribution is 2.32. The molecule has 0 aromatic heterocycles. The molecule has 1 aromatic carbocycles. The van der Waals surface area contributed by atoms with Crippen molar-refractivity contribution in [2.75, 3.05) is 0 Å². The van der Waals surface area contributed by atoms with Crippen molar-refractivity contribution in [3.8, 4) is 0 Å². The van der Waals surface area contributed by atoms with Gasteiger partial charge in [-0.25, -0.2) is 0 Å². The molecule has 0 amide bonds. The summed E-state index contributed by atoms with van der Waals surface area (Å²) in [5, 5.41) is 12.6. The van der Waals surface area contributed by atoms with Crippen LogP contribution in [0.4, 0.5) is 13.2 Å². The van der Waals surface area contributed by atoms with Crippen LogP contribution in [0.15, 0.2) is 24.3 Å². The average molecular weight is 259 g/mol. The fraction of sp³-hybridized carbons (Fsp3) is 0.538. The van der Waals surface area contributed by atoms with Crippen molar-refractivity contribution in [2.45, 2.75) is 44.1 Å². The quantitative estimate of drug-likeness (QED) is 0.874. The predicted octanol–water partition coefficient (Wildman–Crippen LogP) is 2.71. The first-order chi connectivity index (χ1) is 8.48. The Labute approximate surface area is 104 Å². The van der Waals surface area contributed by atoms with Crippen molar-refractivity contribution in [3.05, 3.63) is 35.4 Å². The van der Waals surface area contributed by atoms with Gasteiger partial charge in [-0.3, -0.25) is 0 Å². The fourth-order valence-electron chi connectivity index (χ4n) is 2.37. The minimum Gasteiger partial charge on any atom is -0.392 e. The molecule has 5 heteroatoms. The van der Waals surface area contributed by atoms with Gasteiger partial charge in [0.1, 0.15) is 0 Å². The molecule has 0 radical (unpaired) electrons. The third-order valence-corrected chi connectivity index (χ3v) is 3.36. The summed E-state index contributed by atoms with van der Waals surface area (Å²) < 4.78 is 38.2. The SMILES string of the molecule is O[C@H]1CCC[C@@H]1NCc1ccccc1C(F)(F)F. The number of aliphatic hydroxyl groups is 1. The lowest BCUT2D eigenvalue weighted by atomic mass is 10.1. The topological polar surface area (TPSA) is 32.3 Å². The largest absolute Gasteiger partial charge is 0.416 e. The van der Waals surface area contributed by atoms with E-state index in [1.54, 1.807) is 6.07 Å². The number of aliphatic hydroxyl groups excluding tert-OH is 1. The molecule has 18 heavy (non-hydrogen) atoms. The molecule has 0 spiro atoms. The standard InChI is InChI=1S/C13H16F3NO/c14-13(15,16)10-5-2-1-4-9(10)8-17-11-6-3-7-12(11)18/h1-2,4-5,11-12,17-18H,3,6-8H2/t11-,12-/m0/s1. The second-order valence-electron chi connectivity index (χ2n) is 4.64. The van der Waals surface area contributed by atoms with Gasteiger partial charge < -0.3 is 10.4 Å². The zero-order chi connectivity index (χ0) is 13.2. The monoisotopic (exact) mass is 259 g/mol. The Morgan fingerprint density at radius 2 is 1.94 bits per heavy atom. The minimum absolute atomic E-state index is 0.0914. The molecule has 0 bridgehead atoms. The molecule has 2 atom stereocenters. The molecule has 0 unspecified atom stereocenters. The van der Waals surface area contributed by atoms with E-state index in [0.29, 0.717) is 0 Å². The van der Waals surface area contributed by atoms with E-state index in [-0.39, 0.29) is 18.2 Å². The molecule has 100 valence electrons. The van der Waals surface area contributed by atoms with Gasteiger partial charge in [0, 0.05) is 12.6 Å². The van der Waals surface area contributed by atoms with E-state index in [2.05, 4.69) is 5.32 Å². The third-order valence-electron chi connectivity index (χ3n) is 3.36. The van der Waals surface area contributed by atoms with Gasteiger partial charge in [-0.15, -0.1) is 0 Å². The van der Waals surface area contributed by atoms with E-state index < -0.39 is 17.8 Å². The summed E-state index contributed by atoms with van der Waals surface area (Å²) in [5.74, 6) is 0.